The smallest absolute Gasteiger partial charge is 0.157 e. The minimum absolute atomic E-state index is 0.146. The summed E-state index contributed by atoms with van der Waals surface area (Å²) in [4.78, 5) is 0. The molecule has 4 rings (SSSR count). The molecule has 120 valence electrons. The van der Waals surface area contributed by atoms with Gasteiger partial charge >= 0.3 is 0 Å². The van der Waals surface area contributed by atoms with E-state index in [1.165, 1.54) is 6.07 Å². The molecule has 2 heterocycles. The van der Waals surface area contributed by atoms with Crippen molar-refractivity contribution in [2.75, 3.05) is 0 Å². The van der Waals surface area contributed by atoms with Gasteiger partial charge in [-0.2, -0.15) is 0 Å². The van der Waals surface area contributed by atoms with Crippen LogP contribution in [-0.4, -0.2) is 21.4 Å². The molecule has 0 aliphatic carbocycles. The molecule has 0 saturated heterocycles. The highest BCUT2D eigenvalue weighted by molar-refractivity contribution is 5.51. The molecule has 5 heteroatoms. The highest BCUT2D eigenvalue weighted by atomic mass is 16.6. The van der Waals surface area contributed by atoms with E-state index in [9.17, 15) is 15.3 Å². The average molecular weight is 314 g/mol. The molecule has 2 aliphatic rings. The summed E-state index contributed by atoms with van der Waals surface area (Å²) in [6.07, 6.45) is 0.0717. The predicted octanol–water partition coefficient (Wildman–Crippen LogP) is 3.11. The van der Waals surface area contributed by atoms with Crippen LogP contribution in [0.15, 0.2) is 30.3 Å². The van der Waals surface area contributed by atoms with Crippen LogP contribution < -0.4 is 4.74 Å². The highest BCUT2D eigenvalue weighted by Crippen LogP contribution is 2.49. The Morgan fingerprint density at radius 3 is 2.57 bits per heavy atom. The molecule has 3 N–H and O–H groups in total. The summed E-state index contributed by atoms with van der Waals surface area (Å²) in [5.41, 5.74) is 1.97. The molecule has 0 aromatic heterocycles. The first-order chi connectivity index (χ1) is 10.8. The van der Waals surface area contributed by atoms with E-state index in [2.05, 4.69) is 0 Å². The standard InChI is InChI=1S/C18H18O5/c1-18(2)12-8-14(21)13(20)7-11(12)17-16(23-18)5-9-3-4-10(19)6-15(9)22-17/h3-4,6-8,16-17,19-21H,5H2,1-2H3/t16-,17+/m0/s1. The summed E-state index contributed by atoms with van der Waals surface area (Å²) in [6.45, 7) is 3.87. The first kappa shape index (κ1) is 14.2. The number of phenolic OH excluding ortho intramolecular Hbond substituents is 3. The minimum atomic E-state index is -0.598. The lowest BCUT2D eigenvalue weighted by Gasteiger charge is -2.45. The molecule has 5 nitrogen and oxygen atoms in total. The van der Waals surface area contributed by atoms with Gasteiger partial charge < -0.3 is 24.8 Å². The largest absolute Gasteiger partial charge is 0.508 e. The van der Waals surface area contributed by atoms with Crippen molar-refractivity contribution in [1.82, 2.24) is 0 Å². The van der Waals surface area contributed by atoms with Gasteiger partial charge in [-0.1, -0.05) is 6.07 Å². The van der Waals surface area contributed by atoms with Crippen molar-refractivity contribution in [3.63, 3.8) is 0 Å². The summed E-state index contributed by atoms with van der Waals surface area (Å²) >= 11 is 0. The monoisotopic (exact) mass is 314 g/mol. The number of rotatable bonds is 0. The van der Waals surface area contributed by atoms with Crippen LogP contribution in [0.5, 0.6) is 23.0 Å². The van der Waals surface area contributed by atoms with E-state index in [-0.39, 0.29) is 29.5 Å². The van der Waals surface area contributed by atoms with E-state index < -0.39 is 5.60 Å². The van der Waals surface area contributed by atoms with Crippen LogP contribution >= 0.6 is 0 Å². The summed E-state index contributed by atoms with van der Waals surface area (Å²) in [5, 5.41) is 29.4. The minimum Gasteiger partial charge on any atom is -0.508 e. The molecule has 2 aliphatic heterocycles. The quantitative estimate of drug-likeness (QED) is 0.651. The fourth-order valence-corrected chi connectivity index (χ4v) is 3.52. The third-order valence-electron chi connectivity index (χ3n) is 4.61. The summed E-state index contributed by atoms with van der Waals surface area (Å²) in [6, 6.07) is 8.13. The second-order valence-electron chi connectivity index (χ2n) is 6.63. The van der Waals surface area contributed by atoms with Crippen molar-refractivity contribution in [2.24, 2.45) is 0 Å². The summed E-state index contributed by atoms with van der Waals surface area (Å²) < 4.78 is 12.3. The van der Waals surface area contributed by atoms with Crippen LogP contribution in [0, 0.1) is 0 Å². The maximum absolute atomic E-state index is 9.89. The third kappa shape index (κ3) is 2.11. The number of ether oxygens (including phenoxy) is 2. The third-order valence-corrected chi connectivity index (χ3v) is 4.61. The number of fused-ring (bicyclic) bond motifs is 4. The number of hydrogen-bond acceptors (Lipinski definition) is 5. The maximum Gasteiger partial charge on any atom is 0.157 e. The van der Waals surface area contributed by atoms with E-state index in [0.717, 1.165) is 16.7 Å². The van der Waals surface area contributed by atoms with Crippen LogP contribution in [0.1, 0.15) is 36.6 Å². The molecule has 23 heavy (non-hydrogen) atoms. The lowest BCUT2D eigenvalue weighted by atomic mass is 9.82. The van der Waals surface area contributed by atoms with Gasteiger partial charge in [-0.3, -0.25) is 0 Å². The molecule has 0 spiro atoms. The Kier molecular flexibility index (Phi) is 2.81. The zero-order valence-electron chi connectivity index (χ0n) is 12.9. The highest BCUT2D eigenvalue weighted by Gasteiger charge is 2.44. The normalized spacial score (nSPS) is 24.1. The number of aromatic hydroxyl groups is 3. The summed E-state index contributed by atoms with van der Waals surface area (Å²) in [7, 11) is 0. The Hall–Kier alpha value is -2.40. The first-order valence-corrected chi connectivity index (χ1v) is 7.58. The van der Waals surface area contributed by atoms with Gasteiger partial charge in [0.05, 0.1) is 5.60 Å². The maximum atomic E-state index is 9.89. The molecular weight excluding hydrogens is 296 g/mol. The van der Waals surface area contributed by atoms with Crippen molar-refractivity contribution in [2.45, 2.75) is 38.1 Å². The van der Waals surface area contributed by atoms with Crippen LogP contribution in [0.25, 0.3) is 0 Å². The van der Waals surface area contributed by atoms with Gasteiger partial charge in [-0.05, 0) is 43.2 Å². The molecule has 0 fully saturated rings. The Morgan fingerprint density at radius 2 is 1.78 bits per heavy atom. The van der Waals surface area contributed by atoms with E-state index in [1.54, 1.807) is 18.2 Å². The Labute approximate surface area is 133 Å². The molecule has 2 atom stereocenters. The van der Waals surface area contributed by atoms with Crippen LogP contribution in [0.4, 0.5) is 0 Å². The van der Waals surface area contributed by atoms with E-state index in [0.29, 0.717) is 12.2 Å². The fraction of sp³-hybridized carbons (Fsp3) is 0.333. The van der Waals surface area contributed by atoms with E-state index in [1.807, 2.05) is 19.9 Å². The number of phenols is 3. The van der Waals surface area contributed by atoms with Gasteiger partial charge in [0.1, 0.15) is 17.6 Å². The Bertz CT molecular complexity index is 796. The van der Waals surface area contributed by atoms with Crippen LogP contribution in [0.3, 0.4) is 0 Å². The van der Waals surface area contributed by atoms with Crippen molar-refractivity contribution >= 4 is 0 Å². The number of benzene rings is 2. The lowest BCUT2D eigenvalue weighted by molar-refractivity contribution is -0.140. The van der Waals surface area contributed by atoms with Crippen molar-refractivity contribution in [3.8, 4) is 23.0 Å². The summed E-state index contributed by atoms with van der Waals surface area (Å²) in [5.74, 6) is 0.416. The van der Waals surface area contributed by atoms with Gasteiger partial charge in [0.2, 0.25) is 0 Å². The molecule has 0 saturated carbocycles. The first-order valence-electron chi connectivity index (χ1n) is 7.58. The van der Waals surface area contributed by atoms with Crippen molar-refractivity contribution < 1.29 is 24.8 Å². The molecular formula is C18H18O5. The van der Waals surface area contributed by atoms with Gasteiger partial charge in [0.25, 0.3) is 0 Å². The molecule has 0 radical (unpaired) electrons. The molecule has 0 amide bonds. The number of hydrogen-bond donors (Lipinski definition) is 3. The van der Waals surface area contributed by atoms with Gasteiger partial charge in [-0.15, -0.1) is 0 Å². The van der Waals surface area contributed by atoms with Crippen molar-refractivity contribution in [3.05, 3.63) is 47.0 Å². The Morgan fingerprint density at radius 1 is 1.04 bits per heavy atom. The van der Waals surface area contributed by atoms with Gasteiger partial charge in [0, 0.05) is 18.1 Å². The zero-order chi connectivity index (χ0) is 16.4. The average Bonchev–Trinajstić information content (AvgIpc) is 2.48. The fourth-order valence-electron chi connectivity index (χ4n) is 3.52. The molecule has 0 bridgehead atoms. The van der Waals surface area contributed by atoms with Crippen molar-refractivity contribution in [1.29, 1.82) is 0 Å². The lowest BCUT2D eigenvalue weighted by Crippen LogP contribution is -2.44. The molecule has 2 aromatic carbocycles. The van der Waals surface area contributed by atoms with E-state index >= 15 is 0 Å². The van der Waals surface area contributed by atoms with E-state index in [4.69, 9.17) is 9.47 Å². The van der Waals surface area contributed by atoms with Gasteiger partial charge in [0.15, 0.2) is 17.6 Å². The predicted molar refractivity (Wildman–Crippen MR) is 82.9 cm³/mol. The topological polar surface area (TPSA) is 79.2 Å². The SMILES string of the molecule is CC1(C)O[C@H]2Cc3ccc(O)cc3O[C@@H]2c2cc(O)c(O)cc21. The second-order valence-corrected chi connectivity index (χ2v) is 6.63. The molecule has 0 unspecified atom stereocenters. The Balaban J connectivity index is 1.85. The van der Waals surface area contributed by atoms with Crippen LogP contribution in [-0.2, 0) is 16.8 Å². The zero-order valence-corrected chi connectivity index (χ0v) is 12.9. The molecule has 2 aromatic rings. The van der Waals surface area contributed by atoms with Crippen LogP contribution in [0.2, 0.25) is 0 Å². The van der Waals surface area contributed by atoms with Gasteiger partial charge in [-0.25, -0.2) is 0 Å². The second kappa shape index (κ2) is 4.55.